The summed E-state index contributed by atoms with van der Waals surface area (Å²) >= 11 is 0. The van der Waals surface area contributed by atoms with Gasteiger partial charge in [0.1, 0.15) is 0 Å². The Kier molecular flexibility index (Phi) is 19.4. The number of hydrogen-bond donors (Lipinski definition) is 4. The van der Waals surface area contributed by atoms with Crippen LogP contribution >= 0.6 is 0 Å². The Morgan fingerprint density at radius 1 is 0.440 bits per heavy atom. The summed E-state index contributed by atoms with van der Waals surface area (Å²) in [5.41, 5.74) is 22.5. The van der Waals surface area contributed by atoms with E-state index in [1.807, 2.05) is 0 Å². The molecule has 0 amide bonds. The topological polar surface area (TPSA) is 111 Å². The smallest absolute Gasteiger partial charge is 0.0163 e. The first-order valence-electron chi connectivity index (χ1n) is 10.2. The van der Waals surface area contributed by atoms with Gasteiger partial charge in [0.25, 0.3) is 0 Å². The third kappa shape index (κ3) is 16.7. The van der Waals surface area contributed by atoms with Crippen LogP contribution in [0.5, 0.6) is 0 Å². The van der Waals surface area contributed by atoms with Crippen molar-refractivity contribution in [2.45, 2.75) is 44.9 Å². The monoisotopic (exact) mass is 356 g/mol. The van der Waals surface area contributed by atoms with Crippen LogP contribution in [0.2, 0.25) is 0 Å². The van der Waals surface area contributed by atoms with Gasteiger partial charge in [-0.25, -0.2) is 0 Å². The molecule has 6 nitrogen and oxygen atoms in total. The Labute approximate surface area is 155 Å². The zero-order valence-corrected chi connectivity index (χ0v) is 16.4. The maximum atomic E-state index is 5.65. The SMILES string of the molecule is NCCCCN(C/C=C/CN(CCCCN)CCCCN)CCCN. The van der Waals surface area contributed by atoms with Gasteiger partial charge in [-0.15, -0.1) is 0 Å². The Hall–Kier alpha value is -0.500. The third-order valence-electron chi connectivity index (χ3n) is 4.36. The third-order valence-corrected chi connectivity index (χ3v) is 4.36. The molecule has 0 unspecified atom stereocenters. The van der Waals surface area contributed by atoms with Crippen molar-refractivity contribution in [1.82, 2.24) is 9.80 Å². The average Bonchev–Trinajstić information content (AvgIpc) is 2.62. The van der Waals surface area contributed by atoms with E-state index in [1.54, 1.807) is 0 Å². The van der Waals surface area contributed by atoms with Crippen molar-refractivity contribution in [3.05, 3.63) is 12.2 Å². The van der Waals surface area contributed by atoms with Gasteiger partial charge in [-0.1, -0.05) is 12.2 Å². The standard InChI is InChI=1S/C19H44N6/c20-10-1-4-14-24(15-5-2-11-21)17-7-8-18-25(19-9-13-23)16-6-3-12-22/h7-8H,1-6,9-23H2/b8-7+. The summed E-state index contributed by atoms with van der Waals surface area (Å²) in [5.74, 6) is 0. The molecule has 8 N–H and O–H groups in total. The van der Waals surface area contributed by atoms with Gasteiger partial charge < -0.3 is 22.9 Å². The molecule has 0 aliphatic rings. The van der Waals surface area contributed by atoms with Crippen molar-refractivity contribution in [3.8, 4) is 0 Å². The molecular weight excluding hydrogens is 312 g/mol. The van der Waals surface area contributed by atoms with E-state index in [1.165, 1.54) is 19.3 Å². The maximum Gasteiger partial charge on any atom is 0.0163 e. The zero-order valence-electron chi connectivity index (χ0n) is 16.4. The van der Waals surface area contributed by atoms with Crippen molar-refractivity contribution in [3.63, 3.8) is 0 Å². The molecule has 0 atom stereocenters. The molecule has 0 bridgehead atoms. The number of nitrogens with zero attached hydrogens (tertiary/aromatic N) is 2. The van der Waals surface area contributed by atoms with E-state index >= 15 is 0 Å². The quantitative estimate of drug-likeness (QED) is 0.200. The average molecular weight is 357 g/mol. The predicted molar refractivity (Wildman–Crippen MR) is 111 cm³/mol. The fourth-order valence-electron chi connectivity index (χ4n) is 2.79. The van der Waals surface area contributed by atoms with E-state index in [0.29, 0.717) is 0 Å². The van der Waals surface area contributed by atoms with E-state index in [0.717, 1.165) is 91.1 Å². The summed E-state index contributed by atoms with van der Waals surface area (Å²) in [6.45, 7) is 9.55. The number of nitrogens with two attached hydrogens (primary N) is 4. The van der Waals surface area contributed by atoms with Crippen LogP contribution in [0.25, 0.3) is 0 Å². The van der Waals surface area contributed by atoms with Crippen molar-refractivity contribution >= 4 is 0 Å². The summed E-state index contributed by atoms with van der Waals surface area (Å²) in [4.78, 5) is 4.99. The van der Waals surface area contributed by atoms with E-state index in [9.17, 15) is 0 Å². The van der Waals surface area contributed by atoms with Crippen LogP contribution in [0, 0.1) is 0 Å². The first kappa shape index (κ1) is 24.5. The highest BCUT2D eigenvalue weighted by molar-refractivity contribution is 4.88. The molecule has 0 fully saturated rings. The van der Waals surface area contributed by atoms with Gasteiger partial charge in [0.2, 0.25) is 0 Å². The minimum Gasteiger partial charge on any atom is -0.330 e. The van der Waals surface area contributed by atoms with Gasteiger partial charge in [0.05, 0.1) is 0 Å². The van der Waals surface area contributed by atoms with Gasteiger partial charge in [0.15, 0.2) is 0 Å². The Balaban J connectivity index is 4.19. The van der Waals surface area contributed by atoms with E-state index in [-0.39, 0.29) is 0 Å². The number of hydrogen-bond acceptors (Lipinski definition) is 6. The lowest BCUT2D eigenvalue weighted by Crippen LogP contribution is -2.29. The molecule has 0 aromatic rings. The lowest BCUT2D eigenvalue weighted by Gasteiger charge is -2.22. The highest BCUT2D eigenvalue weighted by atomic mass is 15.1. The van der Waals surface area contributed by atoms with Crippen LogP contribution < -0.4 is 22.9 Å². The van der Waals surface area contributed by atoms with E-state index < -0.39 is 0 Å². The summed E-state index contributed by atoms with van der Waals surface area (Å²) < 4.78 is 0. The molecule has 0 rings (SSSR count). The normalized spacial score (nSPS) is 12.1. The molecule has 0 saturated carbocycles. The molecule has 0 heterocycles. The molecule has 6 heteroatoms. The molecule has 25 heavy (non-hydrogen) atoms. The largest absolute Gasteiger partial charge is 0.330 e. The first-order valence-corrected chi connectivity index (χ1v) is 10.2. The number of rotatable bonds is 19. The predicted octanol–water partition coefficient (Wildman–Crippen LogP) is 0.712. The Morgan fingerprint density at radius 3 is 1.08 bits per heavy atom. The van der Waals surface area contributed by atoms with Crippen molar-refractivity contribution < 1.29 is 0 Å². The highest BCUT2D eigenvalue weighted by Gasteiger charge is 2.04. The molecule has 0 aromatic heterocycles. The lowest BCUT2D eigenvalue weighted by molar-refractivity contribution is 0.285. The van der Waals surface area contributed by atoms with Crippen LogP contribution in [0.4, 0.5) is 0 Å². The highest BCUT2D eigenvalue weighted by Crippen LogP contribution is 2.01. The van der Waals surface area contributed by atoms with Crippen molar-refractivity contribution in [2.75, 3.05) is 65.4 Å². The summed E-state index contributed by atoms with van der Waals surface area (Å²) in [6.07, 6.45) is 12.5. The van der Waals surface area contributed by atoms with Crippen LogP contribution in [-0.2, 0) is 0 Å². The summed E-state index contributed by atoms with van der Waals surface area (Å²) in [5, 5.41) is 0. The Bertz CT molecular complexity index is 275. The molecule has 0 spiro atoms. The zero-order chi connectivity index (χ0) is 18.6. The summed E-state index contributed by atoms with van der Waals surface area (Å²) in [7, 11) is 0. The van der Waals surface area contributed by atoms with Crippen molar-refractivity contribution in [2.24, 2.45) is 22.9 Å². The fraction of sp³-hybridized carbons (Fsp3) is 0.895. The van der Waals surface area contributed by atoms with Gasteiger partial charge in [-0.05, 0) is 97.3 Å². The molecule has 0 aliphatic carbocycles. The number of unbranched alkanes of at least 4 members (excludes halogenated alkanes) is 3. The van der Waals surface area contributed by atoms with Crippen LogP contribution in [0.3, 0.4) is 0 Å². The first-order chi connectivity index (χ1) is 12.3. The molecule has 0 radical (unpaired) electrons. The van der Waals surface area contributed by atoms with E-state index in [2.05, 4.69) is 22.0 Å². The van der Waals surface area contributed by atoms with Gasteiger partial charge in [-0.3, -0.25) is 9.80 Å². The molecule has 0 aromatic carbocycles. The molecule has 0 saturated heterocycles. The Morgan fingerprint density at radius 2 is 0.760 bits per heavy atom. The second kappa shape index (κ2) is 19.8. The molecular formula is C19H44N6. The van der Waals surface area contributed by atoms with Gasteiger partial charge >= 0.3 is 0 Å². The lowest BCUT2D eigenvalue weighted by atomic mass is 10.2. The maximum absolute atomic E-state index is 5.65. The van der Waals surface area contributed by atoms with Gasteiger partial charge in [0, 0.05) is 13.1 Å². The fourth-order valence-corrected chi connectivity index (χ4v) is 2.79. The second-order valence-corrected chi connectivity index (χ2v) is 6.70. The van der Waals surface area contributed by atoms with Crippen molar-refractivity contribution in [1.29, 1.82) is 0 Å². The molecule has 150 valence electrons. The minimum atomic E-state index is 0.757. The van der Waals surface area contributed by atoms with Crippen LogP contribution in [0.1, 0.15) is 44.9 Å². The summed E-state index contributed by atoms with van der Waals surface area (Å²) in [6, 6.07) is 0. The van der Waals surface area contributed by atoms with Crippen LogP contribution in [0.15, 0.2) is 12.2 Å². The second-order valence-electron chi connectivity index (χ2n) is 6.70. The van der Waals surface area contributed by atoms with Crippen LogP contribution in [-0.4, -0.2) is 75.2 Å². The van der Waals surface area contributed by atoms with E-state index in [4.69, 9.17) is 22.9 Å². The van der Waals surface area contributed by atoms with Gasteiger partial charge in [-0.2, -0.15) is 0 Å². The molecule has 0 aliphatic heterocycles. The minimum absolute atomic E-state index is 0.757.